The van der Waals surface area contributed by atoms with Crippen LogP contribution in [0.1, 0.15) is 0 Å². The van der Waals surface area contributed by atoms with Crippen LogP contribution in [0.25, 0.3) is 82.1 Å². The molecule has 3 nitrogen and oxygen atoms in total. The van der Waals surface area contributed by atoms with Gasteiger partial charge in [0.05, 0.1) is 11.0 Å². The van der Waals surface area contributed by atoms with Gasteiger partial charge in [-0.25, -0.2) is 0 Å². The minimum Gasteiger partial charge on any atom is -0.456 e. The van der Waals surface area contributed by atoms with E-state index in [1.807, 2.05) is 12.1 Å². The van der Waals surface area contributed by atoms with Gasteiger partial charge in [0, 0.05) is 44.3 Å². The number of para-hydroxylation sites is 3. The summed E-state index contributed by atoms with van der Waals surface area (Å²) in [6.07, 6.45) is 0. The lowest BCUT2D eigenvalue weighted by molar-refractivity contribution is 0.669. The highest BCUT2D eigenvalue weighted by molar-refractivity contribution is 6.17. The van der Waals surface area contributed by atoms with Crippen LogP contribution in [0.15, 0.2) is 199 Å². The third-order valence-electron chi connectivity index (χ3n) is 10.8. The molecule has 3 heteroatoms. The van der Waals surface area contributed by atoms with E-state index in [1.165, 1.54) is 49.1 Å². The van der Waals surface area contributed by atoms with Crippen LogP contribution in [-0.2, 0) is 0 Å². The average molecular weight is 677 g/mol. The van der Waals surface area contributed by atoms with Gasteiger partial charge in [0.25, 0.3) is 0 Å². The molecule has 0 atom stereocenters. The van der Waals surface area contributed by atoms with Crippen molar-refractivity contribution in [3.8, 4) is 16.8 Å². The van der Waals surface area contributed by atoms with Crippen molar-refractivity contribution in [2.75, 3.05) is 4.90 Å². The number of aromatic nitrogens is 1. The second kappa shape index (κ2) is 11.7. The fraction of sp³-hybridized carbons (Fsp3) is 0. The number of anilines is 3. The third kappa shape index (κ3) is 4.75. The maximum atomic E-state index is 6.27. The van der Waals surface area contributed by atoms with Gasteiger partial charge in [-0.1, -0.05) is 115 Å². The maximum Gasteiger partial charge on any atom is 0.136 e. The van der Waals surface area contributed by atoms with Crippen LogP contribution in [0, 0.1) is 0 Å². The van der Waals surface area contributed by atoms with Crippen molar-refractivity contribution in [2.45, 2.75) is 0 Å². The Hall–Kier alpha value is -7.10. The van der Waals surface area contributed by atoms with Gasteiger partial charge in [0.15, 0.2) is 0 Å². The number of rotatable bonds is 5. The monoisotopic (exact) mass is 676 g/mol. The van der Waals surface area contributed by atoms with E-state index in [1.54, 1.807) is 0 Å². The number of hydrogen-bond donors (Lipinski definition) is 0. The number of nitrogens with zero attached hydrogens (tertiary/aromatic N) is 2. The summed E-state index contributed by atoms with van der Waals surface area (Å²) >= 11 is 0. The van der Waals surface area contributed by atoms with E-state index in [0.29, 0.717) is 0 Å². The molecule has 11 rings (SSSR count). The molecule has 0 bridgehead atoms. The topological polar surface area (TPSA) is 21.3 Å². The second-order valence-electron chi connectivity index (χ2n) is 13.8. The number of hydrogen-bond acceptors (Lipinski definition) is 2. The molecule has 0 fully saturated rings. The fourth-order valence-corrected chi connectivity index (χ4v) is 8.23. The van der Waals surface area contributed by atoms with Gasteiger partial charge in [-0.3, -0.25) is 0 Å². The zero-order valence-electron chi connectivity index (χ0n) is 28.8. The van der Waals surface area contributed by atoms with Crippen molar-refractivity contribution >= 4 is 82.4 Å². The minimum absolute atomic E-state index is 0.914. The van der Waals surface area contributed by atoms with E-state index >= 15 is 0 Å². The highest BCUT2D eigenvalue weighted by Gasteiger charge is 2.17. The van der Waals surface area contributed by atoms with Crippen molar-refractivity contribution in [3.05, 3.63) is 194 Å². The molecule has 248 valence electrons. The van der Waals surface area contributed by atoms with Crippen molar-refractivity contribution < 1.29 is 4.42 Å². The summed E-state index contributed by atoms with van der Waals surface area (Å²) in [5, 5.41) is 9.59. The Labute approximate surface area is 306 Å². The molecule has 9 aromatic carbocycles. The van der Waals surface area contributed by atoms with E-state index in [2.05, 4.69) is 191 Å². The lowest BCUT2D eigenvalue weighted by Crippen LogP contribution is -2.10. The van der Waals surface area contributed by atoms with Gasteiger partial charge in [0.1, 0.15) is 11.2 Å². The summed E-state index contributed by atoms with van der Waals surface area (Å²) in [7, 11) is 0. The van der Waals surface area contributed by atoms with Gasteiger partial charge in [0.2, 0.25) is 0 Å². The third-order valence-corrected chi connectivity index (χ3v) is 10.8. The Bertz CT molecular complexity index is 3100. The van der Waals surface area contributed by atoms with Crippen molar-refractivity contribution in [1.82, 2.24) is 4.57 Å². The minimum atomic E-state index is 0.914. The molecule has 0 radical (unpaired) electrons. The molecule has 2 heterocycles. The van der Waals surface area contributed by atoms with Gasteiger partial charge in [-0.2, -0.15) is 0 Å². The number of benzene rings is 9. The van der Waals surface area contributed by atoms with Crippen LogP contribution in [0.4, 0.5) is 17.1 Å². The van der Waals surface area contributed by atoms with Crippen LogP contribution in [-0.4, -0.2) is 4.57 Å². The first-order chi connectivity index (χ1) is 26.3. The van der Waals surface area contributed by atoms with Gasteiger partial charge in [-0.05, 0) is 112 Å². The van der Waals surface area contributed by atoms with Crippen LogP contribution >= 0.6 is 0 Å². The van der Waals surface area contributed by atoms with Crippen molar-refractivity contribution in [3.63, 3.8) is 0 Å². The smallest absolute Gasteiger partial charge is 0.136 e. The Morgan fingerprint density at radius 3 is 1.62 bits per heavy atom. The Morgan fingerprint density at radius 1 is 0.340 bits per heavy atom. The molecule has 11 aromatic rings. The maximum absolute atomic E-state index is 6.27. The van der Waals surface area contributed by atoms with Gasteiger partial charge in [-0.15, -0.1) is 0 Å². The molecule has 2 aromatic heterocycles. The van der Waals surface area contributed by atoms with E-state index < -0.39 is 0 Å². The number of furan rings is 1. The lowest BCUT2D eigenvalue weighted by Gasteiger charge is -2.26. The molecule has 0 unspecified atom stereocenters. The highest BCUT2D eigenvalue weighted by Crippen LogP contribution is 2.41. The predicted molar refractivity (Wildman–Crippen MR) is 223 cm³/mol. The SMILES string of the molecule is c1ccc(-c2ccc(N(c3ccc(-n4c5ccccc5c5ccccc54)cc3)c3ccc4ccc5cc6oc7ccccc7c6cc5c4c3)cc2)cc1. The first-order valence-corrected chi connectivity index (χ1v) is 18.1. The molecule has 0 aliphatic heterocycles. The molecule has 0 saturated carbocycles. The molecule has 0 aliphatic carbocycles. The molecule has 0 aliphatic rings. The van der Waals surface area contributed by atoms with Gasteiger partial charge >= 0.3 is 0 Å². The summed E-state index contributed by atoms with van der Waals surface area (Å²) < 4.78 is 8.64. The van der Waals surface area contributed by atoms with Crippen LogP contribution in [0.3, 0.4) is 0 Å². The van der Waals surface area contributed by atoms with Crippen LogP contribution < -0.4 is 4.90 Å². The lowest BCUT2D eigenvalue weighted by atomic mass is 9.98. The highest BCUT2D eigenvalue weighted by atomic mass is 16.3. The standard InChI is InChI=1S/C50H32N2O/c1-2-10-33(11-3-1)34-20-23-37(24-21-34)51(38-26-28-39(29-27-38)52-47-15-7-4-12-41(47)42-13-5-8-16-48(42)52)40-25-22-35-18-19-36-30-50-46(32-45(36)44(35)31-40)43-14-6-9-17-49(43)53-50/h1-32H. The molecular weight excluding hydrogens is 645 g/mol. The Kier molecular flexibility index (Phi) is 6.55. The van der Waals surface area contributed by atoms with E-state index in [0.717, 1.165) is 50.1 Å². The molecular formula is C50H32N2O. The molecule has 0 saturated heterocycles. The van der Waals surface area contributed by atoms with E-state index in [9.17, 15) is 0 Å². The first kappa shape index (κ1) is 29.6. The largest absolute Gasteiger partial charge is 0.456 e. The summed E-state index contributed by atoms with van der Waals surface area (Å²) in [5.74, 6) is 0. The Balaban J connectivity index is 1.09. The normalized spacial score (nSPS) is 11.8. The quantitative estimate of drug-likeness (QED) is 0.169. The summed E-state index contributed by atoms with van der Waals surface area (Å²) in [5.41, 5.74) is 11.0. The van der Waals surface area contributed by atoms with Crippen molar-refractivity contribution in [2.24, 2.45) is 0 Å². The molecule has 0 amide bonds. The zero-order valence-corrected chi connectivity index (χ0v) is 28.8. The molecule has 0 spiro atoms. The zero-order chi connectivity index (χ0) is 34.9. The molecule has 53 heavy (non-hydrogen) atoms. The summed E-state index contributed by atoms with van der Waals surface area (Å²) in [6, 6.07) is 69.9. The van der Waals surface area contributed by atoms with Crippen LogP contribution in [0.5, 0.6) is 0 Å². The van der Waals surface area contributed by atoms with Crippen LogP contribution in [0.2, 0.25) is 0 Å². The number of fused-ring (bicyclic) bond motifs is 9. The fourth-order valence-electron chi connectivity index (χ4n) is 8.23. The molecule has 0 N–H and O–H groups in total. The summed E-state index contributed by atoms with van der Waals surface area (Å²) in [4.78, 5) is 2.37. The second-order valence-corrected chi connectivity index (χ2v) is 13.8. The Morgan fingerprint density at radius 2 is 0.887 bits per heavy atom. The summed E-state index contributed by atoms with van der Waals surface area (Å²) in [6.45, 7) is 0. The first-order valence-electron chi connectivity index (χ1n) is 18.1. The van der Waals surface area contributed by atoms with E-state index in [4.69, 9.17) is 4.42 Å². The van der Waals surface area contributed by atoms with Gasteiger partial charge < -0.3 is 13.9 Å². The van der Waals surface area contributed by atoms with E-state index in [-0.39, 0.29) is 0 Å². The van der Waals surface area contributed by atoms with Crippen molar-refractivity contribution in [1.29, 1.82) is 0 Å². The average Bonchev–Trinajstić information content (AvgIpc) is 3.76. The predicted octanol–water partition coefficient (Wildman–Crippen LogP) is 14.1.